The van der Waals surface area contributed by atoms with E-state index in [1.807, 2.05) is 6.92 Å². The van der Waals surface area contributed by atoms with E-state index in [0.717, 1.165) is 17.6 Å². The molecule has 0 N–H and O–H groups in total. The van der Waals surface area contributed by atoms with Crippen molar-refractivity contribution < 1.29 is 12.6 Å². The van der Waals surface area contributed by atoms with E-state index in [1.165, 1.54) is 0 Å². The Hall–Kier alpha value is -1.13. The normalized spacial score (nSPS) is 19.8. The van der Waals surface area contributed by atoms with Crippen LogP contribution < -0.4 is 0 Å². The third kappa shape index (κ3) is 2.51. The van der Waals surface area contributed by atoms with Crippen LogP contribution in [0.3, 0.4) is 0 Å². The van der Waals surface area contributed by atoms with Gasteiger partial charge in [0.05, 0.1) is 11.5 Å². The lowest BCUT2D eigenvalue weighted by Crippen LogP contribution is -2.08. The smallest absolute Gasteiger partial charge is 0.266 e. The van der Waals surface area contributed by atoms with Crippen LogP contribution in [-0.2, 0) is 14.3 Å². The predicted octanol–water partition coefficient (Wildman–Crippen LogP) is 2.28. The van der Waals surface area contributed by atoms with Crippen LogP contribution in [0.2, 0.25) is 0 Å². The largest absolute Gasteiger partial charge is 0.296 e. The summed E-state index contributed by atoms with van der Waals surface area (Å²) in [6.45, 7) is 5.88. The molecule has 0 amide bonds. The Labute approximate surface area is 95.9 Å². The third-order valence-electron chi connectivity index (χ3n) is 2.66. The Bertz CT molecular complexity index is 500. The van der Waals surface area contributed by atoms with Gasteiger partial charge in [0.25, 0.3) is 10.1 Å². The molecule has 0 aromatic heterocycles. The number of rotatable bonds is 4. The maximum atomic E-state index is 11.7. The number of hydrogen-bond acceptors (Lipinski definition) is 3. The summed E-state index contributed by atoms with van der Waals surface area (Å²) < 4.78 is 28.4. The Morgan fingerprint density at radius 1 is 1.38 bits per heavy atom. The second kappa shape index (κ2) is 4.03. The maximum Gasteiger partial charge on any atom is 0.296 e. The van der Waals surface area contributed by atoms with E-state index in [9.17, 15) is 8.42 Å². The predicted molar refractivity (Wildman–Crippen MR) is 61.6 cm³/mol. The molecular weight excluding hydrogens is 224 g/mol. The van der Waals surface area contributed by atoms with Crippen molar-refractivity contribution in [1.82, 2.24) is 0 Å². The molecule has 1 aliphatic carbocycles. The van der Waals surface area contributed by atoms with Gasteiger partial charge in [-0.2, -0.15) is 8.42 Å². The van der Waals surface area contributed by atoms with Crippen LogP contribution in [0.25, 0.3) is 0 Å². The molecule has 1 aromatic rings. The van der Waals surface area contributed by atoms with Crippen LogP contribution in [-0.4, -0.2) is 15.0 Å². The average Bonchev–Trinajstić information content (AvgIpc) is 2.93. The fourth-order valence-electron chi connectivity index (χ4n) is 1.38. The molecule has 3 nitrogen and oxygen atoms in total. The van der Waals surface area contributed by atoms with Crippen molar-refractivity contribution in [3.8, 4) is 0 Å². The van der Waals surface area contributed by atoms with E-state index in [0.29, 0.717) is 0 Å². The fraction of sp³-hybridized carbons (Fsp3) is 0.333. The van der Waals surface area contributed by atoms with E-state index in [2.05, 4.69) is 6.58 Å². The molecule has 4 heteroatoms. The molecule has 16 heavy (non-hydrogen) atoms. The SMILES string of the molecule is C=C1CC1COS(=O)(=O)c1ccc(C)cc1. The van der Waals surface area contributed by atoms with Gasteiger partial charge in [-0.3, -0.25) is 4.18 Å². The van der Waals surface area contributed by atoms with Crippen molar-refractivity contribution >= 4 is 10.1 Å². The molecular formula is C12H14O3S. The summed E-state index contributed by atoms with van der Waals surface area (Å²) >= 11 is 0. The minimum atomic E-state index is -3.60. The third-order valence-corrected chi connectivity index (χ3v) is 3.96. The first kappa shape index (κ1) is 11.4. The van der Waals surface area contributed by atoms with Gasteiger partial charge in [0.1, 0.15) is 0 Å². The molecule has 1 aromatic carbocycles. The molecule has 1 saturated carbocycles. The summed E-state index contributed by atoms with van der Waals surface area (Å²) in [7, 11) is -3.60. The van der Waals surface area contributed by atoms with Crippen molar-refractivity contribution in [2.75, 3.05) is 6.61 Å². The van der Waals surface area contributed by atoms with E-state index in [4.69, 9.17) is 4.18 Å². The van der Waals surface area contributed by atoms with Crippen LogP contribution in [0.4, 0.5) is 0 Å². The summed E-state index contributed by atoms with van der Waals surface area (Å²) in [6, 6.07) is 6.64. The molecule has 0 saturated heterocycles. The van der Waals surface area contributed by atoms with Crippen molar-refractivity contribution in [1.29, 1.82) is 0 Å². The second-order valence-corrected chi connectivity index (χ2v) is 5.73. The fourth-order valence-corrected chi connectivity index (χ4v) is 2.33. The second-order valence-electron chi connectivity index (χ2n) is 4.11. The number of hydrogen-bond donors (Lipinski definition) is 0. The standard InChI is InChI=1S/C12H14O3S/c1-9-3-5-12(6-4-9)16(13,14)15-8-11-7-10(11)2/h3-6,11H,2,7-8H2,1H3. The van der Waals surface area contributed by atoms with E-state index in [-0.39, 0.29) is 17.4 Å². The molecule has 0 heterocycles. The molecule has 1 atom stereocenters. The van der Waals surface area contributed by atoms with Crippen LogP contribution in [0, 0.1) is 12.8 Å². The van der Waals surface area contributed by atoms with Crippen molar-refractivity contribution in [2.24, 2.45) is 5.92 Å². The molecule has 1 fully saturated rings. The van der Waals surface area contributed by atoms with Crippen LogP contribution in [0.5, 0.6) is 0 Å². The highest BCUT2D eigenvalue weighted by Gasteiger charge is 2.29. The Balaban J connectivity index is 2.06. The van der Waals surface area contributed by atoms with Gasteiger partial charge in [0, 0.05) is 5.92 Å². The number of benzene rings is 1. The molecule has 1 unspecified atom stereocenters. The summed E-state index contributed by atoms with van der Waals surface area (Å²) in [5.74, 6) is 0.222. The van der Waals surface area contributed by atoms with E-state index >= 15 is 0 Å². The minimum absolute atomic E-state index is 0.212. The lowest BCUT2D eigenvalue weighted by atomic mass is 10.2. The summed E-state index contributed by atoms with van der Waals surface area (Å²) in [6.07, 6.45) is 0.878. The zero-order valence-corrected chi connectivity index (χ0v) is 9.96. The van der Waals surface area contributed by atoms with Crippen molar-refractivity contribution in [2.45, 2.75) is 18.2 Å². The van der Waals surface area contributed by atoms with Gasteiger partial charge >= 0.3 is 0 Å². The topological polar surface area (TPSA) is 43.4 Å². The first-order chi connectivity index (χ1) is 7.49. The van der Waals surface area contributed by atoms with Crippen LogP contribution >= 0.6 is 0 Å². The van der Waals surface area contributed by atoms with E-state index < -0.39 is 10.1 Å². The van der Waals surface area contributed by atoms with Gasteiger partial charge in [-0.05, 0) is 25.5 Å². The minimum Gasteiger partial charge on any atom is -0.266 e. The zero-order chi connectivity index (χ0) is 11.8. The van der Waals surface area contributed by atoms with Crippen LogP contribution in [0.1, 0.15) is 12.0 Å². The highest BCUT2D eigenvalue weighted by Crippen LogP contribution is 2.36. The molecule has 1 aliphatic rings. The summed E-state index contributed by atoms with van der Waals surface area (Å²) in [5.41, 5.74) is 2.09. The highest BCUT2D eigenvalue weighted by molar-refractivity contribution is 7.86. The lowest BCUT2D eigenvalue weighted by Gasteiger charge is -2.04. The van der Waals surface area contributed by atoms with E-state index in [1.54, 1.807) is 24.3 Å². The van der Waals surface area contributed by atoms with Crippen molar-refractivity contribution in [3.05, 3.63) is 42.0 Å². The van der Waals surface area contributed by atoms with Crippen LogP contribution in [0.15, 0.2) is 41.3 Å². The molecule has 0 bridgehead atoms. The first-order valence-electron chi connectivity index (χ1n) is 5.13. The number of aryl methyl sites for hydroxylation is 1. The van der Waals surface area contributed by atoms with Gasteiger partial charge in [0.15, 0.2) is 0 Å². The van der Waals surface area contributed by atoms with Crippen molar-refractivity contribution in [3.63, 3.8) is 0 Å². The summed E-state index contributed by atoms with van der Waals surface area (Å²) in [4.78, 5) is 0.212. The molecule has 86 valence electrons. The van der Waals surface area contributed by atoms with Gasteiger partial charge in [-0.15, -0.1) is 0 Å². The Morgan fingerprint density at radius 2 is 1.94 bits per heavy atom. The average molecular weight is 238 g/mol. The molecule has 0 aliphatic heterocycles. The Kier molecular flexibility index (Phi) is 2.86. The zero-order valence-electron chi connectivity index (χ0n) is 9.14. The molecule has 0 spiro atoms. The maximum absolute atomic E-state index is 11.7. The molecule has 2 rings (SSSR count). The highest BCUT2D eigenvalue weighted by atomic mass is 32.2. The monoisotopic (exact) mass is 238 g/mol. The first-order valence-corrected chi connectivity index (χ1v) is 6.53. The Morgan fingerprint density at radius 3 is 2.44 bits per heavy atom. The summed E-state index contributed by atoms with van der Waals surface area (Å²) in [5, 5.41) is 0. The van der Waals surface area contributed by atoms with Gasteiger partial charge in [-0.1, -0.05) is 29.8 Å². The van der Waals surface area contributed by atoms with Gasteiger partial charge in [-0.25, -0.2) is 0 Å². The molecule has 0 radical (unpaired) electrons. The van der Waals surface area contributed by atoms with Gasteiger partial charge in [0.2, 0.25) is 0 Å². The quantitative estimate of drug-likeness (QED) is 0.597. The lowest BCUT2D eigenvalue weighted by molar-refractivity contribution is 0.306. The van der Waals surface area contributed by atoms with Gasteiger partial charge < -0.3 is 0 Å².